The number of hydrogen-bond donors (Lipinski definition) is 0. The number of cyclic esters (lactones) is 1. The van der Waals surface area contributed by atoms with Crippen LogP contribution in [0.1, 0.15) is 38.3 Å². The second-order valence-corrected chi connectivity index (χ2v) is 7.47. The van der Waals surface area contributed by atoms with E-state index in [1.165, 1.54) is 16.8 Å². The topological polar surface area (TPSA) is 32.8 Å². The first-order chi connectivity index (χ1) is 10.3. The van der Waals surface area contributed by atoms with E-state index in [4.69, 9.17) is 4.74 Å². The van der Waals surface area contributed by atoms with Crippen molar-refractivity contribution in [1.29, 1.82) is 0 Å². The van der Waals surface area contributed by atoms with Crippen LogP contribution in [0.5, 0.6) is 0 Å². The van der Waals surface area contributed by atoms with E-state index in [0.29, 0.717) is 12.0 Å². The fourth-order valence-corrected chi connectivity index (χ4v) is 3.68. The third-order valence-electron chi connectivity index (χ3n) is 4.67. The molecule has 0 unspecified atom stereocenters. The maximum atomic E-state index is 12.0. The SMILES string of the molecule is CC[C@H]1CN(c2cc(C)c(N3CC(C)(C)C3)c(C)c2)C(=O)O1. The number of ether oxygens (including phenoxy) is 1. The maximum absolute atomic E-state index is 12.0. The van der Waals surface area contributed by atoms with Crippen molar-refractivity contribution < 1.29 is 9.53 Å². The lowest BCUT2D eigenvalue weighted by atomic mass is 9.83. The summed E-state index contributed by atoms with van der Waals surface area (Å²) in [4.78, 5) is 16.2. The predicted molar refractivity (Wildman–Crippen MR) is 89.8 cm³/mol. The van der Waals surface area contributed by atoms with E-state index in [1.54, 1.807) is 4.90 Å². The van der Waals surface area contributed by atoms with Gasteiger partial charge in [-0.2, -0.15) is 0 Å². The summed E-state index contributed by atoms with van der Waals surface area (Å²) < 4.78 is 5.37. The molecule has 2 aliphatic heterocycles. The first kappa shape index (κ1) is 15.2. The second-order valence-electron chi connectivity index (χ2n) is 7.47. The van der Waals surface area contributed by atoms with Crippen molar-refractivity contribution >= 4 is 17.5 Å². The Morgan fingerprint density at radius 1 is 1.23 bits per heavy atom. The smallest absolute Gasteiger partial charge is 0.414 e. The summed E-state index contributed by atoms with van der Waals surface area (Å²) >= 11 is 0. The number of hydrogen-bond acceptors (Lipinski definition) is 3. The van der Waals surface area contributed by atoms with Crippen LogP contribution in [-0.2, 0) is 4.74 Å². The van der Waals surface area contributed by atoms with Crippen molar-refractivity contribution in [2.45, 2.75) is 47.1 Å². The number of amides is 1. The Bertz CT molecular complexity index is 578. The Balaban J connectivity index is 1.86. The molecule has 3 rings (SSSR count). The lowest BCUT2D eigenvalue weighted by molar-refractivity contribution is 0.139. The number of anilines is 2. The molecule has 2 aliphatic rings. The number of carbonyl (C=O) groups excluding carboxylic acids is 1. The number of carbonyl (C=O) groups is 1. The van der Waals surface area contributed by atoms with Crippen molar-refractivity contribution in [3.63, 3.8) is 0 Å². The van der Waals surface area contributed by atoms with E-state index >= 15 is 0 Å². The molecule has 120 valence electrons. The average molecular weight is 302 g/mol. The fourth-order valence-electron chi connectivity index (χ4n) is 3.68. The summed E-state index contributed by atoms with van der Waals surface area (Å²) in [6.45, 7) is 13.8. The zero-order chi connectivity index (χ0) is 16.1. The molecule has 1 aromatic rings. The van der Waals surface area contributed by atoms with Gasteiger partial charge >= 0.3 is 6.09 Å². The first-order valence-electron chi connectivity index (χ1n) is 8.15. The van der Waals surface area contributed by atoms with Crippen molar-refractivity contribution in [2.24, 2.45) is 5.41 Å². The van der Waals surface area contributed by atoms with Gasteiger partial charge in [-0.05, 0) is 48.9 Å². The molecule has 2 fully saturated rings. The highest BCUT2D eigenvalue weighted by atomic mass is 16.6. The van der Waals surface area contributed by atoms with E-state index < -0.39 is 0 Å². The van der Waals surface area contributed by atoms with Gasteiger partial charge in [0, 0.05) is 24.5 Å². The fraction of sp³-hybridized carbons (Fsp3) is 0.611. The molecule has 1 amide bonds. The van der Waals surface area contributed by atoms with Crippen molar-refractivity contribution in [3.8, 4) is 0 Å². The molecule has 0 saturated carbocycles. The lowest BCUT2D eigenvalue weighted by Gasteiger charge is -2.48. The Labute approximate surface area is 133 Å². The molecule has 4 nitrogen and oxygen atoms in total. The number of nitrogens with zero attached hydrogens (tertiary/aromatic N) is 2. The second kappa shape index (κ2) is 5.18. The molecule has 0 aromatic heterocycles. The average Bonchev–Trinajstić information content (AvgIpc) is 2.77. The van der Waals surface area contributed by atoms with Crippen LogP contribution in [0.25, 0.3) is 0 Å². The van der Waals surface area contributed by atoms with Gasteiger partial charge in [0.2, 0.25) is 0 Å². The zero-order valence-corrected chi connectivity index (χ0v) is 14.3. The van der Waals surface area contributed by atoms with Gasteiger partial charge in [-0.25, -0.2) is 4.79 Å². The Kier molecular flexibility index (Phi) is 3.58. The van der Waals surface area contributed by atoms with Gasteiger partial charge in [0.15, 0.2) is 0 Å². The minimum absolute atomic E-state index is 0.0176. The molecule has 1 aromatic carbocycles. The highest BCUT2D eigenvalue weighted by Crippen LogP contribution is 2.39. The highest BCUT2D eigenvalue weighted by Gasteiger charge is 2.36. The van der Waals surface area contributed by atoms with E-state index in [-0.39, 0.29) is 12.2 Å². The summed E-state index contributed by atoms with van der Waals surface area (Å²) in [5, 5.41) is 0. The van der Waals surface area contributed by atoms with Crippen LogP contribution in [0.4, 0.5) is 16.2 Å². The Morgan fingerprint density at radius 3 is 2.27 bits per heavy atom. The molecule has 0 aliphatic carbocycles. The van der Waals surface area contributed by atoms with Gasteiger partial charge in [-0.3, -0.25) is 4.90 Å². The highest BCUT2D eigenvalue weighted by molar-refractivity contribution is 5.90. The molecule has 0 spiro atoms. The van der Waals surface area contributed by atoms with Crippen LogP contribution < -0.4 is 9.80 Å². The van der Waals surface area contributed by atoms with Crippen molar-refractivity contribution in [2.75, 3.05) is 29.4 Å². The zero-order valence-electron chi connectivity index (χ0n) is 14.3. The third-order valence-corrected chi connectivity index (χ3v) is 4.67. The largest absolute Gasteiger partial charge is 0.444 e. The Hall–Kier alpha value is -1.71. The molecule has 4 heteroatoms. The molecule has 2 saturated heterocycles. The lowest BCUT2D eigenvalue weighted by Crippen LogP contribution is -2.53. The number of rotatable bonds is 3. The van der Waals surface area contributed by atoms with E-state index in [9.17, 15) is 4.79 Å². The number of aryl methyl sites for hydroxylation is 2. The summed E-state index contributed by atoms with van der Waals surface area (Å²) in [5.41, 5.74) is 5.16. The van der Waals surface area contributed by atoms with Crippen LogP contribution in [0.15, 0.2) is 12.1 Å². The molecule has 0 bridgehead atoms. The molecular formula is C18H26N2O2. The summed E-state index contributed by atoms with van der Waals surface area (Å²) in [7, 11) is 0. The van der Waals surface area contributed by atoms with Crippen LogP contribution in [0, 0.1) is 19.3 Å². The molecular weight excluding hydrogens is 276 g/mol. The minimum atomic E-state index is -0.219. The minimum Gasteiger partial charge on any atom is -0.444 e. The molecule has 0 N–H and O–H groups in total. The van der Waals surface area contributed by atoms with Gasteiger partial charge in [0.1, 0.15) is 6.10 Å². The van der Waals surface area contributed by atoms with Gasteiger partial charge in [0.05, 0.1) is 6.54 Å². The third kappa shape index (κ3) is 2.55. The van der Waals surface area contributed by atoms with E-state index in [2.05, 4.69) is 44.7 Å². The van der Waals surface area contributed by atoms with Gasteiger partial charge in [-0.1, -0.05) is 20.8 Å². The summed E-state index contributed by atoms with van der Waals surface area (Å²) in [6, 6.07) is 4.24. The van der Waals surface area contributed by atoms with Crippen LogP contribution in [0.3, 0.4) is 0 Å². The van der Waals surface area contributed by atoms with Crippen LogP contribution >= 0.6 is 0 Å². The molecule has 22 heavy (non-hydrogen) atoms. The van der Waals surface area contributed by atoms with E-state index in [1.807, 2.05) is 6.92 Å². The molecule has 0 radical (unpaired) electrons. The molecule has 1 atom stereocenters. The van der Waals surface area contributed by atoms with Crippen LogP contribution in [0.2, 0.25) is 0 Å². The van der Waals surface area contributed by atoms with Crippen molar-refractivity contribution in [3.05, 3.63) is 23.3 Å². The quantitative estimate of drug-likeness (QED) is 0.849. The number of benzene rings is 1. The summed E-state index contributed by atoms with van der Waals surface area (Å²) in [6.07, 6.45) is 0.661. The monoisotopic (exact) mass is 302 g/mol. The van der Waals surface area contributed by atoms with Gasteiger partial charge in [-0.15, -0.1) is 0 Å². The van der Waals surface area contributed by atoms with Crippen LogP contribution in [-0.4, -0.2) is 31.8 Å². The predicted octanol–water partition coefficient (Wildman–Crippen LogP) is 3.88. The summed E-state index contributed by atoms with van der Waals surface area (Å²) in [5.74, 6) is 0. The van der Waals surface area contributed by atoms with Gasteiger partial charge < -0.3 is 9.64 Å². The Morgan fingerprint density at radius 2 is 1.82 bits per heavy atom. The molecule has 2 heterocycles. The standard InChI is InChI=1S/C18H26N2O2/c1-6-15-9-20(17(21)22-15)14-7-12(2)16(13(3)8-14)19-10-18(4,5)11-19/h7-8,15H,6,9-11H2,1-5H3/t15-/m0/s1. The maximum Gasteiger partial charge on any atom is 0.414 e. The van der Waals surface area contributed by atoms with Crippen molar-refractivity contribution in [1.82, 2.24) is 0 Å². The normalized spacial score (nSPS) is 23.5. The van der Waals surface area contributed by atoms with Gasteiger partial charge in [0.25, 0.3) is 0 Å². The van der Waals surface area contributed by atoms with E-state index in [0.717, 1.165) is 25.2 Å². The first-order valence-corrected chi connectivity index (χ1v) is 8.15.